The second kappa shape index (κ2) is 5.91. The van der Waals surface area contributed by atoms with E-state index in [9.17, 15) is 4.79 Å². The van der Waals surface area contributed by atoms with Crippen LogP contribution >= 0.6 is 0 Å². The first-order chi connectivity index (χ1) is 12.1. The van der Waals surface area contributed by atoms with E-state index in [-0.39, 0.29) is 5.91 Å². The van der Waals surface area contributed by atoms with Crippen LogP contribution in [0, 0.1) is 6.92 Å². The zero-order valence-corrected chi connectivity index (χ0v) is 13.8. The van der Waals surface area contributed by atoms with Gasteiger partial charge in [-0.05, 0) is 30.5 Å². The van der Waals surface area contributed by atoms with Crippen LogP contribution in [0.3, 0.4) is 0 Å². The van der Waals surface area contributed by atoms with Gasteiger partial charge < -0.3 is 11.1 Å². The van der Waals surface area contributed by atoms with Crippen molar-refractivity contribution < 1.29 is 4.79 Å². The first kappa shape index (κ1) is 15.1. The van der Waals surface area contributed by atoms with Gasteiger partial charge in [0.1, 0.15) is 0 Å². The van der Waals surface area contributed by atoms with Gasteiger partial charge >= 0.3 is 0 Å². The third-order valence-electron chi connectivity index (χ3n) is 4.29. The predicted molar refractivity (Wildman–Crippen MR) is 103 cm³/mol. The molecule has 0 aliphatic heterocycles. The van der Waals surface area contributed by atoms with Crippen LogP contribution in [0.5, 0.6) is 0 Å². The number of aryl methyl sites for hydroxylation is 1. The highest BCUT2D eigenvalue weighted by molar-refractivity contribution is 6.17. The van der Waals surface area contributed by atoms with Gasteiger partial charge in [0.2, 0.25) is 0 Å². The largest absolute Gasteiger partial charge is 0.397 e. The van der Waals surface area contributed by atoms with E-state index in [1.165, 1.54) is 0 Å². The zero-order valence-electron chi connectivity index (χ0n) is 13.8. The first-order valence-electron chi connectivity index (χ1n) is 8.08. The van der Waals surface area contributed by atoms with Crippen molar-refractivity contribution in [3.05, 3.63) is 78.0 Å². The normalized spacial score (nSPS) is 10.9. The lowest BCUT2D eigenvalue weighted by Crippen LogP contribution is -2.14. The third kappa shape index (κ3) is 2.68. The number of nitrogens with two attached hydrogens (primary N) is 1. The minimum atomic E-state index is -0.191. The van der Waals surface area contributed by atoms with Crippen LogP contribution in [-0.4, -0.2) is 10.9 Å². The van der Waals surface area contributed by atoms with Crippen LogP contribution in [0.15, 0.2) is 66.7 Å². The number of nitrogens with zero attached hydrogens (tertiary/aromatic N) is 1. The Kier molecular flexibility index (Phi) is 3.58. The Morgan fingerprint density at radius 1 is 0.960 bits per heavy atom. The molecule has 122 valence electrons. The van der Waals surface area contributed by atoms with Crippen molar-refractivity contribution in [2.24, 2.45) is 0 Å². The van der Waals surface area contributed by atoms with Gasteiger partial charge in [-0.2, -0.15) is 0 Å². The van der Waals surface area contributed by atoms with E-state index in [1.807, 2.05) is 61.5 Å². The number of nitrogen functional groups attached to an aromatic ring is 1. The molecule has 0 spiro atoms. The van der Waals surface area contributed by atoms with Crippen molar-refractivity contribution in [2.45, 2.75) is 6.92 Å². The maximum Gasteiger partial charge on any atom is 0.256 e. The average molecular weight is 327 g/mol. The molecule has 4 rings (SSSR count). The Morgan fingerprint density at radius 3 is 2.56 bits per heavy atom. The highest BCUT2D eigenvalue weighted by atomic mass is 16.1. The van der Waals surface area contributed by atoms with Crippen LogP contribution in [0.4, 0.5) is 11.4 Å². The molecule has 4 heteroatoms. The summed E-state index contributed by atoms with van der Waals surface area (Å²) in [5.74, 6) is -0.191. The number of amides is 1. The molecule has 1 heterocycles. The Bertz CT molecular complexity index is 1120. The minimum Gasteiger partial charge on any atom is -0.397 e. The molecule has 1 amide bonds. The topological polar surface area (TPSA) is 68.0 Å². The van der Waals surface area contributed by atoms with Crippen molar-refractivity contribution in [1.29, 1.82) is 0 Å². The molecule has 4 nitrogen and oxygen atoms in total. The Morgan fingerprint density at radius 2 is 1.72 bits per heavy atom. The molecule has 0 saturated carbocycles. The van der Waals surface area contributed by atoms with Gasteiger partial charge in [0.15, 0.2) is 0 Å². The summed E-state index contributed by atoms with van der Waals surface area (Å²) >= 11 is 0. The van der Waals surface area contributed by atoms with Crippen LogP contribution in [0.2, 0.25) is 0 Å². The zero-order chi connectivity index (χ0) is 17.4. The number of fused-ring (bicyclic) bond motifs is 3. The van der Waals surface area contributed by atoms with Crippen molar-refractivity contribution in [3.8, 4) is 0 Å². The number of carbonyl (C=O) groups excluding carboxylic acids is 1. The molecule has 25 heavy (non-hydrogen) atoms. The summed E-state index contributed by atoms with van der Waals surface area (Å²) in [6.45, 7) is 1.90. The van der Waals surface area contributed by atoms with E-state index >= 15 is 0 Å². The lowest BCUT2D eigenvalue weighted by Gasteiger charge is -2.12. The quantitative estimate of drug-likeness (QED) is 0.420. The Hall–Kier alpha value is -3.40. The molecule has 0 saturated heterocycles. The maximum atomic E-state index is 12.9. The van der Waals surface area contributed by atoms with Gasteiger partial charge in [-0.25, -0.2) is 0 Å². The maximum absolute atomic E-state index is 12.9. The van der Waals surface area contributed by atoms with E-state index in [0.29, 0.717) is 16.9 Å². The molecule has 0 bridgehead atoms. The second-order valence-electron chi connectivity index (χ2n) is 6.04. The summed E-state index contributed by atoms with van der Waals surface area (Å²) in [5.41, 5.74) is 9.31. The van der Waals surface area contributed by atoms with Crippen molar-refractivity contribution >= 4 is 39.0 Å². The average Bonchev–Trinajstić information content (AvgIpc) is 2.62. The number of anilines is 2. The number of pyridine rings is 1. The molecule has 0 fully saturated rings. The van der Waals surface area contributed by atoms with E-state index in [0.717, 1.165) is 27.4 Å². The third-order valence-corrected chi connectivity index (χ3v) is 4.29. The number of hydrogen-bond acceptors (Lipinski definition) is 3. The fraction of sp³-hybridized carbons (Fsp3) is 0.0476. The molecule has 0 unspecified atom stereocenters. The van der Waals surface area contributed by atoms with E-state index in [4.69, 9.17) is 5.73 Å². The fourth-order valence-corrected chi connectivity index (χ4v) is 3.08. The molecular weight excluding hydrogens is 310 g/mol. The number of rotatable bonds is 2. The summed E-state index contributed by atoms with van der Waals surface area (Å²) < 4.78 is 0. The van der Waals surface area contributed by atoms with Crippen LogP contribution in [-0.2, 0) is 0 Å². The number of nitrogens with one attached hydrogen (secondary N) is 1. The Labute approximate surface area is 145 Å². The van der Waals surface area contributed by atoms with E-state index in [1.54, 1.807) is 12.1 Å². The first-order valence-corrected chi connectivity index (χ1v) is 8.08. The smallest absolute Gasteiger partial charge is 0.256 e. The number of carbonyl (C=O) groups is 1. The molecule has 4 aromatic rings. The summed E-state index contributed by atoms with van der Waals surface area (Å²) in [6, 6.07) is 21.1. The van der Waals surface area contributed by atoms with Gasteiger partial charge in [0.05, 0.1) is 22.5 Å². The lowest BCUT2D eigenvalue weighted by molar-refractivity contribution is 0.102. The molecule has 0 radical (unpaired) electrons. The molecule has 3 aromatic carbocycles. The number of para-hydroxylation sites is 2. The van der Waals surface area contributed by atoms with Gasteiger partial charge in [-0.1, -0.05) is 48.5 Å². The lowest BCUT2D eigenvalue weighted by atomic mass is 10.0. The van der Waals surface area contributed by atoms with Gasteiger partial charge in [-0.15, -0.1) is 0 Å². The second-order valence-corrected chi connectivity index (χ2v) is 6.04. The van der Waals surface area contributed by atoms with Crippen LogP contribution in [0.25, 0.3) is 21.7 Å². The van der Waals surface area contributed by atoms with Gasteiger partial charge in [0.25, 0.3) is 5.91 Å². The summed E-state index contributed by atoms with van der Waals surface area (Å²) in [6.07, 6.45) is 0. The highest BCUT2D eigenvalue weighted by Gasteiger charge is 2.14. The van der Waals surface area contributed by atoms with E-state index < -0.39 is 0 Å². The number of aromatic nitrogens is 1. The van der Waals surface area contributed by atoms with Crippen molar-refractivity contribution in [2.75, 3.05) is 11.1 Å². The molecule has 1 aromatic heterocycles. The van der Waals surface area contributed by atoms with Gasteiger partial charge in [-0.3, -0.25) is 9.78 Å². The standard InChI is InChI=1S/C21H17N3O/c1-13-12-17(21(25)24-19-9-5-4-8-18(19)22)16-11-10-14-6-2-3-7-15(14)20(16)23-13/h2-12H,22H2,1H3,(H,24,25). The molecule has 3 N–H and O–H groups in total. The number of benzene rings is 3. The van der Waals surface area contributed by atoms with Crippen molar-refractivity contribution in [1.82, 2.24) is 4.98 Å². The highest BCUT2D eigenvalue weighted by Crippen LogP contribution is 2.28. The summed E-state index contributed by atoms with van der Waals surface area (Å²) in [4.78, 5) is 17.5. The monoisotopic (exact) mass is 327 g/mol. The summed E-state index contributed by atoms with van der Waals surface area (Å²) in [7, 11) is 0. The van der Waals surface area contributed by atoms with E-state index in [2.05, 4.69) is 10.3 Å². The molecular formula is C21H17N3O. The SMILES string of the molecule is Cc1cc(C(=O)Nc2ccccc2N)c2ccc3ccccc3c2n1. The van der Waals surface area contributed by atoms with Crippen LogP contribution in [0.1, 0.15) is 16.1 Å². The Balaban J connectivity index is 1.88. The van der Waals surface area contributed by atoms with Gasteiger partial charge in [0, 0.05) is 16.5 Å². The fourth-order valence-electron chi connectivity index (χ4n) is 3.08. The minimum absolute atomic E-state index is 0.191. The predicted octanol–water partition coefficient (Wildman–Crippen LogP) is 4.53. The molecule has 0 atom stereocenters. The van der Waals surface area contributed by atoms with Crippen molar-refractivity contribution in [3.63, 3.8) is 0 Å². The van der Waals surface area contributed by atoms with Crippen LogP contribution < -0.4 is 11.1 Å². The molecule has 0 aliphatic carbocycles. The number of hydrogen-bond donors (Lipinski definition) is 2. The molecule has 0 aliphatic rings. The summed E-state index contributed by atoms with van der Waals surface area (Å²) in [5, 5.41) is 5.87.